The molecule has 2 rings (SSSR count). The number of aromatic nitrogens is 1. The van der Waals surface area contributed by atoms with Crippen LogP contribution in [0, 0.1) is 5.82 Å². The van der Waals surface area contributed by atoms with E-state index < -0.39 is 17.6 Å². The molecular weight excluding hydrogens is 231 g/mol. The van der Waals surface area contributed by atoms with Gasteiger partial charge in [0.15, 0.2) is 11.6 Å². The molecule has 0 amide bonds. The van der Waals surface area contributed by atoms with E-state index in [1.165, 1.54) is 12.3 Å². The number of benzene rings is 1. The Balaban J connectivity index is 2.13. The Bertz CT molecular complexity index is 543. The van der Waals surface area contributed by atoms with Gasteiger partial charge in [-0.2, -0.15) is 0 Å². The fourth-order valence-electron chi connectivity index (χ4n) is 1.74. The van der Waals surface area contributed by atoms with Crippen LogP contribution in [-0.4, -0.2) is 16.8 Å². The van der Waals surface area contributed by atoms with Gasteiger partial charge in [-0.25, -0.2) is 4.39 Å². The molecule has 0 saturated heterocycles. The number of nitrogens with zero attached hydrogens (tertiary/aromatic N) is 1. The summed E-state index contributed by atoms with van der Waals surface area (Å²) in [5, 5.41) is 0. The summed E-state index contributed by atoms with van der Waals surface area (Å²) < 4.78 is 13.4. The second kappa shape index (κ2) is 5.51. The number of hydrogen-bond donors (Lipinski definition) is 1. The van der Waals surface area contributed by atoms with Crippen LogP contribution in [0.25, 0.3) is 0 Å². The standard InChI is InChI=1S/C14H13FN2O/c15-12-9-17-7-6-11(12)14(18)13(16)8-10-4-2-1-3-5-10/h1-7,9,13H,8,16H2. The summed E-state index contributed by atoms with van der Waals surface area (Å²) in [6.07, 6.45) is 2.79. The molecule has 3 nitrogen and oxygen atoms in total. The molecule has 0 fully saturated rings. The minimum Gasteiger partial charge on any atom is -0.321 e. The zero-order valence-corrected chi connectivity index (χ0v) is 9.71. The van der Waals surface area contributed by atoms with Crippen LogP contribution in [0.1, 0.15) is 15.9 Å². The third-order valence-electron chi connectivity index (χ3n) is 2.67. The number of rotatable bonds is 4. The zero-order valence-electron chi connectivity index (χ0n) is 9.71. The van der Waals surface area contributed by atoms with Gasteiger partial charge in [-0.05, 0) is 18.1 Å². The van der Waals surface area contributed by atoms with Gasteiger partial charge in [-0.15, -0.1) is 0 Å². The number of Topliss-reactive ketones (excluding diaryl/α,β-unsaturated/α-hetero) is 1. The van der Waals surface area contributed by atoms with Crippen LogP contribution in [0.5, 0.6) is 0 Å². The van der Waals surface area contributed by atoms with Crippen molar-refractivity contribution in [3.8, 4) is 0 Å². The van der Waals surface area contributed by atoms with Crippen molar-refractivity contribution in [1.82, 2.24) is 4.98 Å². The number of carbonyl (C=O) groups is 1. The Kier molecular flexibility index (Phi) is 3.79. The molecule has 2 aromatic rings. The average Bonchev–Trinajstić information content (AvgIpc) is 2.39. The van der Waals surface area contributed by atoms with Crippen molar-refractivity contribution in [2.45, 2.75) is 12.5 Å². The van der Waals surface area contributed by atoms with Crippen molar-refractivity contribution in [3.63, 3.8) is 0 Å². The van der Waals surface area contributed by atoms with Crippen LogP contribution in [-0.2, 0) is 6.42 Å². The van der Waals surface area contributed by atoms with Crippen molar-refractivity contribution < 1.29 is 9.18 Å². The molecule has 92 valence electrons. The second-order valence-corrected chi connectivity index (χ2v) is 4.02. The monoisotopic (exact) mass is 244 g/mol. The largest absolute Gasteiger partial charge is 0.321 e. The van der Waals surface area contributed by atoms with Crippen LogP contribution >= 0.6 is 0 Å². The number of pyridine rings is 1. The lowest BCUT2D eigenvalue weighted by atomic mass is 9.99. The molecule has 4 heteroatoms. The third-order valence-corrected chi connectivity index (χ3v) is 2.67. The van der Waals surface area contributed by atoms with E-state index in [-0.39, 0.29) is 5.56 Å². The number of carbonyl (C=O) groups excluding carboxylic acids is 1. The summed E-state index contributed by atoms with van der Waals surface area (Å²) in [6.45, 7) is 0. The fourth-order valence-corrected chi connectivity index (χ4v) is 1.74. The summed E-state index contributed by atoms with van der Waals surface area (Å²) in [7, 11) is 0. The zero-order chi connectivity index (χ0) is 13.0. The first-order valence-corrected chi connectivity index (χ1v) is 5.61. The summed E-state index contributed by atoms with van der Waals surface area (Å²) in [5.41, 5.74) is 6.76. The molecule has 2 N–H and O–H groups in total. The molecule has 0 saturated carbocycles. The molecule has 0 spiro atoms. The fraction of sp³-hybridized carbons (Fsp3) is 0.143. The lowest BCUT2D eigenvalue weighted by Crippen LogP contribution is -2.33. The summed E-state index contributed by atoms with van der Waals surface area (Å²) in [6, 6.07) is 10.0. The molecule has 0 radical (unpaired) electrons. The van der Waals surface area contributed by atoms with E-state index in [0.717, 1.165) is 11.8 Å². The lowest BCUT2D eigenvalue weighted by molar-refractivity contribution is 0.0956. The van der Waals surface area contributed by atoms with Gasteiger partial charge in [0.1, 0.15) is 0 Å². The highest BCUT2D eigenvalue weighted by atomic mass is 19.1. The first kappa shape index (κ1) is 12.4. The lowest BCUT2D eigenvalue weighted by Gasteiger charge is -2.11. The smallest absolute Gasteiger partial charge is 0.182 e. The summed E-state index contributed by atoms with van der Waals surface area (Å²) in [5.74, 6) is -1.04. The van der Waals surface area contributed by atoms with Crippen molar-refractivity contribution in [2.75, 3.05) is 0 Å². The van der Waals surface area contributed by atoms with Gasteiger partial charge in [0.2, 0.25) is 0 Å². The Morgan fingerprint density at radius 1 is 1.28 bits per heavy atom. The Morgan fingerprint density at radius 2 is 2.00 bits per heavy atom. The van der Waals surface area contributed by atoms with E-state index >= 15 is 0 Å². The molecule has 18 heavy (non-hydrogen) atoms. The predicted molar refractivity (Wildman–Crippen MR) is 66.6 cm³/mol. The van der Waals surface area contributed by atoms with Crippen molar-refractivity contribution in [1.29, 1.82) is 0 Å². The Hall–Kier alpha value is -2.07. The SMILES string of the molecule is NC(Cc1ccccc1)C(=O)c1ccncc1F. The molecule has 1 aromatic heterocycles. The number of halogens is 1. The molecular formula is C14H13FN2O. The van der Waals surface area contributed by atoms with E-state index in [4.69, 9.17) is 5.73 Å². The molecule has 1 aromatic carbocycles. The molecule has 1 heterocycles. The highest BCUT2D eigenvalue weighted by molar-refractivity contribution is 6.00. The minimum absolute atomic E-state index is 0.00608. The topological polar surface area (TPSA) is 56.0 Å². The second-order valence-electron chi connectivity index (χ2n) is 4.02. The summed E-state index contributed by atoms with van der Waals surface area (Å²) >= 11 is 0. The van der Waals surface area contributed by atoms with E-state index in [0.29, 0.717) is 6.42 Å². The van der Waals surface area contributed by atoms with Crippen molar-refractivity contribution in [2.24, 2.45) is 5.73 Å². The maximum Gasteiger partial charge on any atom is 0.182 e. The molecule has 1 unspecified atom stereocenters. The molecule has 0 bridgehead atoms. The number of nitrogens with two attached hydrogens (primary N) is 1. The first-order chi connectivity index (χ1) is 8.68. The number of ketones is 1. The van der Waals surface area contributed by atoms with Crippen LogP contribution in [0.4, 0.5) is 4.39 Å². The predicted octanol–water partition coefficient (Wildman–Crippen LogP) is 1.97. The minimum atomic E-state index is -0.746. The Morgan fingerprint density at radius 3 is 2.67 bits per heavy atom. The van der Waals surface area contributed by atoms with E-state index in [1.807, 2.05) is 30.3 Å². The van der Waals surface area contributed by atoms with Crippen LogP contribution in [0.2, 0.25) is 0 Å². The normalized spacial score (nSPS) is 12.1. The van der Waals surface area contributed by atoms with E-state index in [1.54, 1.807) is 0 Å². The van der Waals surface area contributed by atoms with Crippen molar-refractivity contribution in [3.05, 3.63) is 65.7 Å². The maximum absolute atomic E-state index is 13.4. The van der Waals surface area contributed by atoms with Gasteiger partial charge >= 0.3 is 0 Å². The number of hydrogen-bond acceptors (Lipinski definition) is 3. The first-order valence-electron chi connectivity index (χ1n) is 5.61. The highest BCUT2D eigenvalue weighted by Gasteiger charge is 2.19. The van der Waals surface area contributed by atoms with E-state index in [9.17, 15) is 9.18 Å². The van der Waals surface area contributed by atoms with Gasteiger partial charge in [-0.1, -0.05) is 30.3 Å². The van der Waals surface area contributed by atoms with Gasteiger partial charge in [-0.3, -0.25) is 9.78 Å². The maximum atomic E-state index is 13.4. The molecule has 0 aliphatic heterocycles. The summed E-state index contributed by atoms with van der Waals surface area (Å²) in [4.78, 5) is 15.6. The molecule has 0 aliphatic rings. The van der Waals surface area contributed by atoms with Gasteiger partial charge in [0.25, 0.3) is 0 Å². The highest BCUT2D eigenvalue weighted by Crippen LogP contribution is 2.10. The Labute approximate surface area is 104 Å². The quantitative estimate of drug-likeness (QED) is 0.836. The third kappa shape index (κ3) is 2.78. The molecule has 0 aliphatic carbocycles. The average molecular weight is 244 g/mol. The molecule has 1 atom stereocenters. The van der Waals surface area contributed by atoms with Gasteiger partial charge in [0, 0.05) is 6.20 Å². The van der Waals surface area contributed by atoms with Gasteiger partial charge < -0.3 is 5.73 Å². The van der Waals surface area contributed by atoms with Gasteiger partial charge in [0.05, 0.1) is 17.8 Å². The van der Waals surface area contributed by atoms with Crippen LogP contribution in [0.3, 0.4) is 0 Å². The van der Waals surface area contributed by atoms with Crippen molar-refractivity contribution >= 4 is 5.78 Å². The van der Waals surface area contributed by atoms with E-state index in [2.05, 4.69) is 4.98 Å². The van der Waals surface area contributed by atoms with Crippen LogP contribution in [0.15, 0.2) is 48.8 Å². The van der Waals surface area contributed by atoms with Crippen LogP contribution < -0.4 is 5.73 Å².